The van der Waals surface area contributed by atoms with Crippen molar-refractivity contribution in [2.24, 2.45) is 0 Å². The average molecular weight is 615 g/mol. The van der Waals surface area contributed by atoms with Crippen LogP contribution in [0.3, 0.4) is 0 Å². The van der Waals surface area contributed by atoms with Crippen LogP contribution in [0.4, 0.5) is 0 Å². The van der Waals surface area contributed by atoms with Crippen LogP contribution in [0.25, 0.3) is 22.3 Å². The van der Waals surface area contributed by atoms with Crippen molar-refractivity contribution in [1.82, 2.24) is 0 Å². The molecule has 10 nitrogen and oxygen atoms in total. The Morgan fingerprint density at radius 2 is 0.674 bits per heavy atom. The predicted molar refractivity (Wildman–Crippen MR) is 165 cm³/mol. The summed E-state index contributed by atoms with van der Waals surface area (Å²) in [5.41, 5.74) is 0.723. The molecule has 5 aromatic carbocycles. The lowest BCUT2D eigenvalue weighted by Gasteiger charge is -2.12. The highest BCUT2D eigenvalue weighted by molar-refractivity contribution is 6.16. The quantitative estimate of drug-likeness (QED) is 0.131. The Labute approximate surface area is 260 Å². The highest BCUT2D eigenvalue weighted by Crippen LogP contribution is 2.30. The van der Waals surface area contributed by atoms with Gasteiger partial charge in [0.1, 0.15) is 0 Å². The number of carbonyl (C=O) groups excluding carboxylic acids is 2. The lowest BCUT2D eigenvalue weighted by molar-refractivity contribution is 0.0651. The van der Waals surface area contributed by atoms with Crippen LogP contribution in [0.15, 0.2) is 109 Å². The first-order valence-corrected chi connectivity index (χ1v) is 13.6. The number of hydrogen-bond donors (Lipinski definition) is 4. The van der Waals surface area contributed by atoms with Crippen molar-refractivity contribution in [2.75, 3.05) is 0 Å². The van der Waals surface area contributed by atoms with Crippen LogP contribution in [0.5, 0.6) is 0 Å². The van der Waals surface area contributed by atoms with Crippen LogP contribution in [-0.2, 0) is 0 Å². The van der Waals surface area contributed by atoms with Crippen LogP contribution in [0, 0.1) is 0 Å². The number of benzene rings is 5. The van der Waals surface area contributed by atoms with Gasteiger partial charge in [0, 0.05) is 22.3 Å². The number of rotatable bonds is 10. The molecule has 0 aliphatic rings. The first-order valence-electron chi connectivity index (χ1n) is 13.6. The smallest absolute Gasteiger partial charge is 0.336 e. The standard InChI is InChI=1S/C36H22O10/c37-31(25-7-3-1-5-23(25)21-13-15-27(33(39)40)29(17-21)35(43)44)19-9-11-20(12-10-19)32(38)26-8-4-2-6-24(26)22-14-16-28(34(41)42)30(18-22)36(45)46/h1-18H,(H,39,40)(H,41,42)(H,43,44)(H,45,46). The predicted octanol–water partition coefficient (Wildman–Crippen LogP) is 6.28. The minimum absolute atomic E-state index is 0.227. The van der Waals surface area contributed by atoms with Crippen molar-refractivity contribution in [3.05, 3.63) is 154 Å². The van der Waals surface area contributed by atoms with Gasteiger partial charge in [0.15, 0.2) is 11.6 Å². The van der Waals surface area contributed by atoms with E-state index < -0.39 is 46.6 Å². The normalized spacial score (nSPS) is 10.6. The molecule has 0 atom stereocenters. The zero-order valence-electron chi connectivity index (χ0n) is 23.6. The largest absolute Gasteiger partial charge is 0.478 e. The van der Waals surface area contributed by atoms with Crippen molar-refractivity contribution < 1.29 is 49.2 Å². The van der Waals surface area contributed by atoms with Crippen LogP contribution in [-0.4, -0.2) is 55.9 Å². The van der Waals surface area contributed by atoms with Crippen molar-refractivity contribution in [3.63, 3.8) is 0 Å². The van der Waals surface area contributed by atoms with E-state index in [1.807, 2.05) is 0 Å². The molecule has 5 rings (SSSR count). The van der Waals surface area contributed by atoms with Gasteiger partial charge >= 0.3 is 23.9 Å². The molecule has 0 bridgehead atoms. The first kappa shape index (κ1) is 30.8. The maximum Gasteiger partial charge on any atom is 0.336 e. The van der Waals surface area contributed by atoms with Gasteiger partial charge in [-0.1, -0.05) is 84.9 Å². The number of hydrogen-bond acceptors (Lipinski definition) is 6. The van der Waals surface area contributed by atoms with Gasteiger partial charge < -0.3 is 20.4 Å². The highest BCUT2D eigenvalue weighted by Gasteiger charge is 2.22. The number of ketones is 2. The second-order valence-corrected chi connectivity index (χ2v) is 10.1. The summed E-state index contributed by atoms with van der Waals surface area (Å²) >= 11 is 0. The van der Waals surface area contributed by atoms with Crippen LogP contribution in [0.2, 0.25) is 0 Å². The van der Waals surface area contributed by atoms with E-state index in [0.29, 0.717) is 22.3 Å². The van der Waals surface area contributed by atoms with E-state index >= 15 is 0 Å². The third-order valence-corrected chi connectivity index (χ3v) is 7.34. The topological polar surface area (TPSA) is 183 Å². The molecule has 0 radical (unpaired) electrons. The lowest BCUT2D eigenvalue weighted by atomic mass is 9.90. The van der Waals surface area contributed by atoms with E-state index in [-0.39, 0.29) is 33.4 Å². The molecule has 0 unspecified atom stereocenters. The highest BCUT2D eigenvalue weighted by atomic mass is 16.4. The van der Waals surface area contributed by atoms with Gasteiger partial charge in [0.2, 0.25) is 0 Å². The molecule has 0 saturated carbocycles. The van der Waals surface area contributed by atoms with Crippen molar-refractivity contribution in [1.29, 1.82) is 0 Å². The average Bonchev–Trinajstić information content (AvgIpc) is 3.07. The fourth-order valence-corrected chi connectivity index (χ4v) is 5.10. The molecule has 0 aliphatic heterocycles. The van der Waals surface area contributed by atoms with Gasteiger partial charge in [-0.25, -0.2) is 19.2 Å². The van der Waals surface area contributed by atoms with Crippen LogP contribution in [0.1, 0.15) is 73.3 Å². The van der Waals surface area contributed by atoms with Gasteiger partial charge in [-0.3, -0.25) is 9.59 Å². The van der Waals surface area contributed by atoms with Gasteiger partial charge in [-0.2, -0.15) is 0 Å². The Bertz CT molecular complexity index is 1940. The molecule has 4 N–H and O–H groups in total. The number of carbonyl (C=O) groups is 6. The summed E-state index contributed by atoms with van der Waals surface area (Å²) < 4.78 is 0. The van der Waals surface area contributed by atoms with E-state index in [1.165, 1.54) is 60.7 Å². The molecule has 0 spiro atoms. The minimum Gasteiger partial charge on any atom is -0.478 e. The molecular formula is C36H22O10. The van der Waals surface area contributed by atoms with E-state index in [2.05, 4.69) is 0 Å². The van der Waals surface area contributed by atoms with E-state index in [0.717, 1.165) is 0 Å². The SMILES string of the molecule is O=C(O)c1ccc(-c2ccccc2C(=O)c2ccc(C(=O)c3ccccc3-c3ccc(C(=O)O)c(C(=O)O)c3)cc2)cc1C(=O)O. The number of carboxylic acid groups (broad SMARTS) is 4. The maximum atomic E-state index is 13.6. The van der Waals surface area contributed by atoms with Crippen molar-refractivity contribution in [3.8, 4) is 22.3 Å². The van der Waals surface area contributed by atoms with Crippen molar-refractivity contribution >= 4 is 35.4 Å². The third kappa shape index (κ3) is 5.90. The fourth-order valence-electron chi connectivity index (χ4n) is 5.10. The molecule has 46 heavy (non-hydrogen) atoms. The van der Waals surface area contributed by atoms with Gasteiger partial charge in [-0.15, -0.1) is 0 Å². The molecule has 5 aromatic rings. The Balaban J connectivity index is 1.47. The molecule has 0 aromatic heterocycles. The monoisotopic (exact) mass is 614 g/mol. The van der Waals surface area contributed by atoms with E-state index in [1.54, 1.807) is 48.5 Å². The number of carboxylic acids is 4. The summed E-state index contributed by atoms with van der Waals surface area (Å²) in [6, 6.07) is 26.4. The van der Waals surface area contributed by atoms with Gasteiger partial charge in [0.25, 0.3) is 0 Å². The molecule has 0 aliphatic carbocycles. The third-order valence-electron chi connectivity index (χ3n) is 7.34. The summed E-state index contributed by atoms with van der Waals surface area (Å²) in [5, 5.41) is 37.8. The summed E-state index contributed by atoms with van der Waals surface area (Å²) in [6.07, 6.45) is 0. The summed E-state index contributed by atoms with van der Waals surface area (Å²) in [7, 11) is 0. The molecule has 0 fully saturated rings. The second-order valence-electron chi connectivity index (χ2n) is 10.1. The van der Waals surface area contributed by atoms with E-state index in [4.69, 9.17) is 0 Å². The Morgan fingerprint density at radius 3 is 1.00 bits per heavy atom. The number of aromatic carboxylic acids is 4. The van der Waals surface area contributed by atoms with Crippen molar-refractivity contribution in [2.45, 2.75) is 0 Å². The summed E-state index contributed by atoms with van der Waals surface area (Å²) in [5.74, 6) is -6.49. The van der Waals surface area contributed by atoms with Crippen LogP contribution < -0.4 is 0 Å². The first-order chi connectivity index (χ1) is 22.0. The Kier molecular flexibility index (Phi) is 8.37. The summed E-state index contributed by atoms with van der Waals surface area (Å²) in [6.45, 7) is 0. The van der Waals surface area contributed by atoms with Gasteiger partial charge in [0.05, 0.1) is 22.3 Å². The molecule has 0 heterocycles. The summed E-state index contributed by atoms with van der Waals surface area (Å²) in [4.78, 5) is 73.6. The lowest BCUT2D eigenvalue weighted by Crippen LogP contribution is -2.09. The zero-order valence-corrected chi connectivity index (χ0v) is 23.6. The Morgan fingerprint density at radius 1 is 0.348 bits per heavy atom. The zero-order chi connectivity index (χ0) is 33.1. The Hall–Kier alpha value is -6.68. The molecule has 226 valence electrons. The molecule has 10 heteroatoms. The second kappa shape index (κ2) is 12.5. The molecule has 0 saturated heterocycles. The maximum absolute atomic E-state index is 13.6. The van der Waals surface area contributed by atoms with Crippen LogP contribution >= 0.6 is 0 Å². The van der Waals surface area contributed by atoms with Gasteiger partial charge in [-0.05, 0) is 46.5 Å². The van der Waals surface area contributed by atoms with E-state index in [9.17, 15) is 49.2 Å². The minimum atomic E-state index is -1.43. The molecular weight excluding hydrogens is 592 g/mol. The molecule has 0 amide bonds. The fraction of sp³-hybridized carbons (Fsp3) is 0.